The molecule has 0 aliphatic carbocycles. The van der Waals surface area contributed by atoms with Crippen molar-refractivity contribution in [1.82, 2.24) is 4.98 Å². The molecule has 0 spiro atoms. The highest BCUT2D eigenvalue weighted by atomic mass is 16.6. The number of nitro benzene ring substituents is 1. The van der Waals surface area contributed by atoms with E-state index in [9.17, 15) is 10.1 Å². The van der Waals surface area contributed by atoms with Crippen LogP contribution in [0.5, 0.6) is 5.75 Å². The van der Waals surface area contributed by atoms with E-state index in [0.717, 1.165) is 5.56 Å². The zero-order chi connectivity index (χ0) is 15.4. The summed E-state index contributed by atoms with van der Waals surface area (Å²) in [6, 6.07) is 15.5. The van der Waals surface area contributed by atoms with Crippen molar-refractivity contribution in [2.75, 3.05) is 0 Å². The second-order valence-corrected chi connectivity index (χ2v) is 4.55. The molecule has 0 N–H and O–H groups in total. The van der Waals surface area contributed by atoms with E-state index < -0.39 is 4.92 Å². The zero-order valence-corrected chi connectivity index (χ0v) is 11.5. The van der Waals surface area contributed by atoms with Gasteiger partial charge in [-0.2, -0.15) is 0 Å². The number of hydrogen-bond donors (Lipinski definition) is 0. The third-order valence-electron chi connectivity index (χ3n) is 2.99. The van der Waals surface area contributed by atoms with Crippen LogP contribution in [0.2, 0.25) is 0 Å². The maximum Gasteiger partial charge on any atom is 0.273 e. The van der Waals surface area contributed by atoms with Gasteiger partial charge in [0.2, 0.25) is 5.89 Å². The highest BCUT2D eigenvalue weighted by molar-refractivity contribution is 5.52. The lowest BCUT2D eigenvalue weighted by Gasteiger charge is -2.03. The predicted octanol–water partition coefficient (Wildman–Crippen LogP) is 3.83. The molecule has 0 aliphatic rings. The molecule has 0 amide bonds. The first-order valence-electron chi connectivity index (χ1n) is 6.59. The van der Waals surface area contributed by atoms with Gasteiger partial charge in [-0.15, -0.1) is 0 Å². The van der Waals surface area contributed by atoms with Crippen molar-refractivity contribution in [1.29, 1.82) is 0 Å². The van der Waals surface area contributed by atoms with Crippen molar-refractivity contribution < 1.29 is 14.1 Å². The zero-order valence-electron chi connectivity index (χ0n) is 11.5. The Morgan fingerprint density at radius 1 is 1.14 bits per heavy atom. The standard InChI is InChI=1S/C16H12N2O4/c19-18(20)14-7-4-8-15(9-14)21-10-13-11-22-16(17-13)12-5-2-1-3-6-12/h1-9,11H,10H2. The third-order valence-corrected chi connectivity index (χ3v) is 2.99. The molecule has 1 aromatic heterocycles. The average molecular weight is 296 g/mol. The van der Waals surface area contributed by atoms with Crippen LogP contribution in [0.1, 0.15) is 5.69 Å². The molecule has 0 atom stereocenters. The van der Waals surface area contributed by atoms with E-state index in [1.54, 1.807) is 12.1 Å². The monoisotopic (exact) mass is 296 g/mol. The number of non-ortho nitro benzene ring substituents is 1. The van der Waals surface area contributed by atoms with Gasteiger partial charge in [-0.05, 0) is 18.2 Å². The number of rotatable bonds is 5. The first kappa shape index (κ1) is 13.8. The highest BCUT2D eigenvalue weighted by Gasteiger charge is 2.09. The molecule has 2 aromatic carbocycles. The van der Waals surface area contributed by atoms with Crippen LogP contribution in [0.4, 0.5) is 5.69 Å². The maximum atomic E-state index is 10.7. The number of oxazole rings is 1. The molecule has 0 bridgehead atoms. The van der Waals surface area contributed by atoms with E-state index >= 15 is 0 Å². The van der Waals surface area contributed by atoms with Crippen molar-refractivity contribution in [2.24, 2.45) is 0 Å². The fourth-order valence-corrected chi connectivity index (χ4v) is 1.93. The molecule has 0 aliphatic heterocycles. The molecule has 6 nitrogen and oxygen atoms in total. The van der Waals surface area contributed by atoms with Crippen molar-refractivity contribution in [2.45, 2.75) is 6.61 Å². The Labute approximate surface area is 126 Å². The predicted molar refractivity (Wildman–Crippen MR) is 79.4 cm³/mol. The van der Waals surface area contributed by atoms with Crippen LogP contribution in [0.3, 0.4) is 0 Å². The molecule has 0 radical (unpaired) electrons. The normalized spacial score (nSPS) is 10.4. The molecular formula is C16H12N2O4. The Kier molecular flexibility index (Phi) is 3.82. The van der Waals surface area contributed by atoms with Crippen LogP contribution in [0.25, 0.3) is 11.5 Å². The fraction of sp³-hybridized carbons (Fsp3) is 0.0625. The van der Waals surface area contributed by atoms with Crippen LogP contribution in [-0.2, 0) is 6.61 Å². The third kappa shape index (κ3) is 3.12. The van der Waals surface area contributed by atoms with E-state index in [-0.39, 0.29) is 12.3 Å². The van der Waals surface area contributed by atoms with E-state index in [4.69, 9.17) is 9.15 Å². The smallest absolute Gasteiger partial charge is 0.273 e. The molecular weight excluding hydrogens is 284 g/mol. The summed E-state index contributed by atoms with van der Waals surface area (Å²) in [6.45, 7) is 0.178. The Hall–Kier alpha value is -3.15. The van der Waals surface area contributed by atoms with Crippen LogP contribution in [-0.4, -0.2) is 9.91 Å². The van der Waals surface area contributed by atoms with Gasteiger partial charge >= 0.3 is 0 Å². The number of benzene rings is 2. The van der Waals surface area contributed by atoms with Gasteiger partial charge in [0.1, 0.15) is 24.3 Å². The molecule has 110 valence electrons. The van der Waals surface area contributed by atoms with Gasteiger partial charge in [0, 0.05) is 11.6 Å². The summed E-state index contributed by atoms with van der Waals surface area (Å²) in [5.74, 6) is 0.928. The summed E-state index contributed by atoms with van der Waals surface area (Å²) in [5.41, 5.74) is 1.48. The molecule has 22 heavy (non-hydrogen) atoms. The lowest BCUT2D eigenvalue weighted by Crippen LogP contribution is -1.96. The summed E-state index contributed by atoms with van der Waals surface area (Å²) in [4.78, 5) is 14.6. The second kappa shape index (κ2) is 6.09. The Morgan fingerprint density at radius 2 is 1.95 bits per heavy atom. The van der Waals surface area contributed by atoms with Crippen molar-refractivity contribution >= 4 is 5.69 Å². The summed E-state index contributed by atoms with van der Waals surface area (Å²) < 4.78 is 10.9. The molecule has 1 heterocycles. The molecule has 0 saturated carbocycles. The number of aromatic nitrogens is 1. The van der Waals surface area contributed by atoms with Gasteiger partial charge in [-0.1, -0.05) is 24.3 Å². The van der Waals surface area contributed by atoms with Gasteiger partial charge < -0.3 is 9.15 Å². The Balaban J connectivity index is 1.69. The second-order valence-electron chi connectivity index (χ2n) is 4.55. The van der Waals surface area contributed by atoms with Crippen molar-refractivity contribution in [3.05, 3.63) is 76.7 Å². The van der Waals surface area contributed by atoms with E-state index in [2.05, 4.69) is 4.98 Å². The SMILES string of the molecule is O=[N+]([O-])c1cccc(OCc2coc(-c3ccccc3)n2)c1. The lowest BCUT2D eigenvalue weighted by atomic mass is 10.2. The number of hydrogen-bond acceptors (Lipinski definition) is 5. The quantitative estimate of drug-likeness (QED) is 0.528. The van der Waals surface area contributed by atoms with Crippen LogP contribution >= 0.6 is 0 Å². The van der Waals surface area contributed by atoms with Crippen LogP contribution in [0, 0.1) is 10.1 Å². The molecule has 3 rings (SSSR count). The molecule has 0 unspecified atom stereocenters. The minimum Gasteiger partial charge on any atom is -0.487 e. The van der Waals surface area contributed by atoms with E-state index in [0.29, 0.717) is 17.3 Å². The van der Waals surface area contributed by atoms with Gasteiger partial charge in [-0.25, -0.2) is 4.98 Å². The van der Waals surface area contributed by atoms with Crippen molar-refractivity contribution in [3.8, 4) is 17.2 Å². The van der Waals surface area contributed by atoms with Crippen LogP contribution in [0.15, 0.2) is 65.3 Å². The first-order chi connectivity index (χ1) is 10.7. The van der Waals surface area contributed by atoms with Gasteiger partial charge in [0.25, 0.3) is 5.69 Å². The van der Waals surface area contributed by atoms with E-state index in [1.807, 2.05) is 30.3 Å². The lowest BCUT2D eigenvalue weighted by molar-refractivity contribution is -0.384. The summed E-state index contributed by atoms with van der Waals surface area (Å²) in [6.07, 6.45) is 1.51. The molecule has 6 heteroatoms. The topological polar surface area (TPSA) is 78.4 Å². The molecule has 0 saturated heterocycles. The average Bonchev–Trinajstić information content (AvgIpc) is 3.03. The largest absolute Gasteiger partial charge is 0.487 e. The summed E-state index contributed by atoms with van der Waals surface area (Å²) in [5, 5.41) is 10.7. The van der Waals surface area contributed by atoms with Gasteiger partial charge in [0.15, 0.2) is 0 Å². The minimum absolute atomic E-state index is 0.0115. The Morgan fingerprint density at radius 3 is 2.73 bits per heavy atom. The van der Waals surface area contributed by atoms with Crippen LogP contribution < -0.4 is 4.74 Å². The number of nitro groups is 1. The Bertz CT molecular complexity index is 784. The molecule has 3 aromatic rings. The van der Waals surface area contributed by atoms with Gasteiger partial charge in [0.05, 0.1) is 11.0 Å². The van der Waals surface area contributed by atoms with Gasteiger partial charge in [-0.3, -0.25) is 10.1 Å². The van der Waals surface area contributed by atoms with Crippen molar-refractivity contribution in [3.63, 3.8) is 0 Å². The fourth-order valence-electron chi connectivity index (χ4n) is 1.93. The summed E-state index contributed by atoms with van der Waals surface area (Å²) >= 11 is 0. The summed E-state index contributed by atoms with van der Waals surface area (Å²) in [7, 11) is 0. The number of ether oxygens (including phenoxy) is 1. The first-order valence-corrected chi connectivity index (χ1v) is 6.59. The minimum atomic E-state index is -0.462. The maximum absolute atomic E-state index is 10.7. The van der Waals surface area contributed by atoms with E-state index in [1.165, 1.54) is 18.4 Å². The number of nitrogens with zero attached hydrogens (tertiary/aromatic N) is 2. The molecule has 0 fully saturated rings. The highest BCUT2D eigenvalue weighted by Crippen LogP contribution is 2.21.